The van der Waals surface area contributed by atoms with Crippen molar-refractivity contribution in [3.05, 3.63) is 40.9 Å². The van der Waals surface area contributed by atoms with E-state index in [1.807, 2.05) is 11.2 Å². The predicted molar refractivity (Wildman–Crippen MR) is 138 cm³/mol. The number of amides is 1. The minimum Gasteiger partial charge on any atom is -0.304 e. The number of sulfone groups is 1. The zero-order valence-corrected chi connectivity index (χ0v) is 21.7. The third-order valence-electron chi connectivity index (χ3n) is 6.71. The van der Waals surface area contributed by atoms with E-state index >= 15 is 0 Å². The first-order valence-electron chi connectivity index (χ1n) is 12.2. The molecule has 1 saturated carbocycles. The highest BCUT2D eigenvalue weighted by molar-refractivity contribution is 7.92. The highest BCUT2D eigenvalue weighted by atomic mass is 32.2. The summed E-state index contributed by atoms with van der Waals surface area (Å²) in [5.41, 5.74) is 0.872. The number of hydrogen-bond donors (Lipinski definition) is 1. The van der Waals surface area contributed by atoms with Crippen LogP contribution in [0, 0.1) is 0 Å². The van der Waals surface area contributed by atoms with Crippen LogP contribution in [-0.4, -0.2) is 91.4 Å². The molecular weight excluding hydrogens is 484 g/mol. The summed E-state index contributed by atoms with van der Waals surface area (Å²) in [6.45, 7) is 6.59. The van der Waals surface area contributed by atoms with Crippen LogP contribution >= 0.6 is 11.3 Å². The Labute approximate surface area is 210 Å². The molecular formula is C24H32N6O3S2. The van der Waals surface area contributed by atoms with E-state index in [0.717, 1.165) is 76.4 Å². The van der Waals surface area contributed by atoms with Crippen LogP contribution in [-0.2, 0) is 21.2 Å². The number of anilines is 1. The lowest BCUT2D eigenvalue weighted by atomic mass is 10.1. The molecule has 3 fully saturated rings. The molecule has 188 valence electrons. The Hall–Kier alpha value is -2.34. The highest BCUT2D eigenvalue weighted by Crippen LogP contribution is 2.33. The molecule has 2 aromatic rings. The zero-order valence-electron chi connectivity index (χ0n) is 20.0. The van der Waals surface area contributed by atoms with Crippen LogP contribution in [0.15, 0.2) is 40.5 Å². The van der Waals surface area contributed by atoms with Crippen molar-refractivity contribution in [2.24, 2.45) is 5.10 Å². The molecule has 0 spiro atoms. The maximum Gasteiger partial charge on any atom is 0.278 e. The molecule has 0 radical (unpaired) electrons. The fraction of sp³-hybridized carbons (Fsp3) is 0.542. The van der Waals surface area contributed by atoms with Crippen molar-refractivity contribution in [1.82, 2.24) is 19.8 Å². The summed E-state index contributed by atoms with van der Waals surface area (Å²) in [6.07, 6.45) is 5.35. The number of likely N-dealkylation sites (N-methyl/N-ethyl adjacent to an activating group) is 1. The van der Waals surface area contributed by atoms with Gasteiger partial charge in [0.25, 0.3) is 5.91 Å². The van der Waals surface area contributed by atoms with Crippen LogP contribution in [0.1, 0.15) is 36.1 Å². The van der Waals surface area contributed by atoms with E-state index in [-0.39, 0.29) is 16.9 Å². The van der Waals surface area contributed by atoms with Crippen LogP contribution in [0.4, 0.5) is 5.13 Å². The number of nitrogens with one attached hydrogen (secondary N) is 1. The van der Waals surface area contributed by atoms with E-state index in [9.17, 15) is 13.2 Å². The van der Waals surface area contributed by atoms with Gasteiger partial charge in [-0.15, -0.1) is 11.3 Å². The lowest BCUT2D eigenvalue weighted by molar-refractivity contribution is -0.110. The average Bonchev–Trinajstić information content (AvgIpc) is 3.44. The molecule has 2 aliphatic heterocycles. The molecule has 9 nitrogen and oxygen atoms in total. The summed E-state index contributed by atoms with van der Waals surface area (Å²) < 4.78 is 25.1. The standard InChI is InChI=1S/C24H32N6O3S2/c1-28-12-14-29(15-13-28)17-19-16-25-24(34-19)26-23(31)22(27-30-10-2-3-11-30)18-4-6-20(7-5-18)35(32,33)21-8-9-21/h4-7,16,21H,2-3,8-15,17H2,1H3,(H,25,26,31). The molecule has 0 atom stereocenters. The molecule has 3 heterocycles. The molecule has 3 aliphatic rings. The lowest BCUT2D eigenvalue weighted by Crippen LogP contribution is -2.43. The van der Waals surface area contributed by atoms with Crippen molar-refractivity contribution in [2.75, 3.05) is 51.6 Å². The number of hydrogen-bond acceptors (Lipinski definition) is 9. The smallest absolute Gasteiger partial charge is 0.278 e. The maximum atomic E-state index is 13.3. The Bertz CT molecular complexity index is 1180. The van der Waals surface area contributed by atoms with Crippen molar-refractivity contribution in [3.63, 3.8) is 0 Å². The molecule has 35 heavy (non-hydrogen) atoms. The van der Waals surface area contributed by atoms with E-state index in [2.05, 4.69) is 32.2 Å². The first-order chi connectivity index (χ1) is 16.9. The molecule has 1 amide bonds. The van der Waals surface area contributed by atoms with Gasteiger partial charge in [0.15, 0.2) is 20.7 Å². The largest absolute Gasteiger partial charge is 0.304 e. The maximum absolute atomic E-state index is 13.3. The summed E-state index contributed by atoms with van der Waals surface area (Å²) in [4.78, 5) is 23.9. The number of rotatable bonds is 8. The second-order valence-corrected chi connectivity index (χ2v) is 12.9. The fourth-order valence-corrected chi connectivity index (χ4v) is 6.88. The molecule has 1 aromatic carbocycles. The van der Waals surface area contributed by atoms with E-state index in [4.69, 9.17) is 0 Å². The molecule has 0 unspecified atom stereocenters. The number of thiazole rings is 1. The first kappa shape index (κ1) is 24.4. The minimum atomic E-state index is -3.28. The second-order valence-electron chi connectivity index (χ2n) is 9.54. The number of aromatic nitrogens is 1. The van der Waals surface area contributed by atoms with Crippen LogP contribution < -0.4 is 5.32 Å². The first-order valence-corrected chi connectivity index (χ1v) is 14.6. The second kappa shape index (κ2) is 10.3. The Morgan fingerprint density at radius 3 is 2.43 bits per heavy atom. The molecule has 1 aromatic heterocycles. The number of piperazine rings is 1. The number of hydrazone groups is 1. The van der Waals surface area contributed by atoms with Gasteiger partial charge in [-0.3, -0.25) is 20.0 Å². The third-order valence-corrected chi connectivity index (χ3v) is 9.88. The van der Waals surface area contributed by atoms with Crippen LogP contribution in [0.25, 0.3) is 0 Å². The number of nitrogens with zero attached hydrogens (tertiary/aromatic N) is 5. The van der Waals surface area contributed by atoms with Gasteiger partial charge in [0, 0.05) is 62.5 Å². The van der Waals surface area contributed by atoms with Gasteiger partial charge < -0.3 is 4.90 Å². The van der Waals surface area contributed by atoms with Crippen molar-refractivity contribution >= 4 is 37.9 Å². The number of carbonyl (C=O) groups excluding carboxylic acids is 1. The molecule has 1 aliphatic carbocycles. The summed E-state index contributed by atoms with van der Waals surface area (Å²) in [5, 5.41) is 9.74. The van der Waals surface area contributed by atoms with Crippen molar-refractivity contribution in [1.29, 1.82) is 0 Å². The molecule has 1 N–H and O–H groups in total. The fourth-order valence-electron chi connectivity index (χ4n) is 4.37. The van der Waals surface area contributed by atoms with E-state index < -0.39 is 9.84 Å². The molecule has 11 heteroatoms. The molecule has 0 bridgehead atoms. The van der Waals surface area contributed by atoms with Crippen LogP contribution in [0.5, 0.6) is 0 Å². The van der Waals surface area contributed by atoms with Crippen LogP contribution in [0.2, 0.25) is 0 Å². The molecule has 5 rings (SSSR count). The minimum absolute atomic E-state index is 0.265. The monoisotopic (exact) mass is 516 g/mol. The quantitative estimate of drug-likeness (QED) is 0.538. The van der Waals surface area contributed by atoms with Gasteiger partial charge in [-0.2, -0.15) is 5.10 Å². The number of carbonyl (C=O) groups is 1. The summed E-state index contributed by atoms with van der Waals surface area (Å²) in [5.74, 6) is -0.338. The predicted octanol–water partition coefficient (Wildman–Crippen LogP) is 2.27. The van der Waals surface area contributed by atoms with Gasteiger partial charge >= 0.3 is 0 Å². The lowest BCUT2D eigenvalue weighted by Gasteiger charge is -2.31. The van der Waals surface area contributed by atoms with E-state index in [0.29, 0.717) is 15.6 Å². The normalized spacial score (nSPS) is 20.4. The SMILES string of the molecule is CN1CCN(Cc2cnc(NC(=O)C(=NN3CCCC3)c3ccc(S(=O)(=O)C4CC4)cc3)s2)CC1. The van der Waals surface area contributed by atoms with Gasteiger partial charge in [0.1, 0.15) is 0 Å². The van der Waals surface area contributed by atoms with Crippen molar-refractivity contribution in [3.8, 4) is 0 Å². The summed E-state index contributed by atoms with van der Waals surface area (Å²) in [7, 11) is -1.14. The summed E-state index contributed by atoms with van der Waals surface area (Å²) in [6, 6.07) is 6.55. The number of benzene rings is 1. The van der Waals surface area contributed by atoms with E-state index in [1.165, 1.54) is 11.3 Å². The Morgan fingerprint density at radius 1 is 1.09 bits per heavy atom. The Kier molecular flexibility index (Phi) is 7.19. The van der Waals surface area contributed by atoms with Gasteiger partial charge in [-0.1, -0.05) is 12.1 Å². The van der Waals surface area contributed by atoms with Gasteiger partial charge in [0.05, 0.1) is 10.1 Å². The van der Waals surface area contributed by atoms with Gasteiger partial charge in [0.2, 0.25) is 0 Å². The van der Waals surface area contributed by atoms with Gasteiger partial charge in [-0.05, 0) is 44.9 Å². The zero-order chi connectivity index (χ0) is 24.4. The van der Waals surface area contributed by atoms with Crippen LogP contribution in [0.3, 0.4) is 0 Å². The van der Waals surface area contributed by atoms with Crippen molar-refractivity contribution < 1.29 is 13.2 Å². The topological polar surface area (TPSA) is 98.2 Å². The Balaban J connectivity index is 1.30. The Morgan fingerprint density at radius 2 is 1.77 bits per heavy atom. The van der Waals surface area contributed by atoms with Crippen molar-refractivity contribution in [2.45, 2.75) is 42.4 Å². The highest BCUT2D eigenvalue weighted by Gasteiger charge is 2.36. The average molecular weight is 517 g/mol. The molecule has 2 saturated heterocycles. The summed E-state index contributed by atoms with van der Waals surface area (Å²) >= 11 is 1.48. The van der Waals surface area contributed by atoms with E-state index in [1.54, 1.807) is 24.3 Å². The van der Waals surface area contributed by atoms with Gasteiger partial charge in [-0.25, -0.2) is 13.4 Å². The third kappa shape index (κ3) is 5.91.